The average Bonchev–Trinajstić information content (AvgIpc) is 3.09. The standard InChI is InChI=1S/C15H14ClN5O3/c16-13-7-11(21(23)24)3-4-12(13)14(22)19-10-8-17-15(18-9-10)20-5-1-2-6-20/h3-4,7-9H,1-2,5-6H2,(H,19,22). The van der Waals surface area contributed by atoms with Gasteiger partial charge in [0.25, 0.3) is 11.6 Å². The van der Waals surface area contributed by atoms with Gasteiger partial charge >= 0.3 is 0 Å². The number of halogens is 1. The van der Waals surface area contributed by atoms with E-state index in [0.29, 0.717) is 11.6 Å². The highest BCUT2D eigenvalue weighted by Crippen LogP contribution is 2.23. The van der Waals surface area contributed by atoms with Crippen LogP contribution in [0.5, 0.6) is 0 Å². The largest absolute Gasteiger partial charge is 0.341 e. The number of carbonyl (C=O) groups excluding carboxylic acids is 1. The molecule has 3 rings (SSSR count). The van der Waals surface area contributed by atoms with Crippen molar-refractivity contribution in [2.24, 2.45) is 0 Å². The van der Waals surface area contributed by atoms with Crippen molar-refractivity contribution in [3.63, 3.8) is 0 Å². The Labute approximate surface area is 142 Å². The number of rotatable bonds is 4. The van der Waals surface area contributed by atoms with Crippen LogP contribution in [0, 0.1) is 10.1 Å². The number of nitrogens with one attached hydrogen (secondary N) is 1. The molecule has 0 aliphatic carbocycles. The topological polar surface area (TPSA) is 101 Å². The van der Waals surface area contributed by atoms with Gasteiger partial charge in [0.15, 0.2) is 0 Å². The summed E-state index contributed by atoms with van der Waals surface area (Å²) in [6.07, 6.45) is 5.30. The molecule has 9 heteroatoms. The number of aromatic nitrogens is 2. The Morgan fingerprint density at radius 1 is 1.25 bits per heavy atom. The molecular formula is C15H14ClN5O3. The minimum absolute atomic E-state index is 0.0105. The minimum Gasteiger partial charge on any atom is -0.341 e. The van der Waals surface area contributed by atoms with Gasteiger partial charge in [0.1, 0.15) is 0 Å². The van der Waals surface area contributed by atoms with Gasteiger partial charge in [0.05, 0.1) is 33.6 Å². The van der Waals surface area contributed by atoms with Crippen molar-refractivity contribution in [3.05, 3.63) is 51.3 Å². The zero-order valence-electron chi connectivity index (χ0n) is 12.6. The smallest absolute Gasteiger partial charge is 0.270 e. The fourth-order valence-corrected chi connectivity index (χ4v) is 2.73. The highest BCUT2D eigenvalue weighted by Gasteiger charge is 2.17. The number of hydrogen-bond acceptors (Lipinski definition) is 6. The van der Waals surface area contributed by atoms with Gasteiger partial charge in [-0.25, -0.2) is 9.97 Å². The number of nitrogens with zero attached hydrogens (tertiary/aromatic N) is 4. The summed E-state index contributed by atoms with van der Waals surface area (Å²) >= 11 is 5.94. The summed E-state index contributed by atoms with van der Waals surface area (Å²) in [5.74, 6) is 0.159. The van der Waals surface area contributed by atoms with Crippen LogP contribution in [0.15, 0.2) is 30.6 Å². The molecule has 1 aliphatic rings. The SMILES string of the molecule is O=C(Nc1cnc(N2CCCC2)nc1)c1ccc([N+](=O)[O-])cc1Cl. The molecular weight excluding hydrogens is 334 g/mol. The summed E-state index contributed by atoms with van der Waals surface area (Å²) in [5, 5.41) is 13.3. The Kier molecular flexibility index (Phi) is 4.57. The Balaban J connectivity index is 1.71. The van der Waals surface area contributed by atoms with Crippen molar-refractivity contribution in [3.8, 4) is 0 Å². The molecule has 1 amide bonds. The van der Waals surface area contributed by atoms with Crippen LogP contribution in [0.3, 0.4) is 0 Å². The quantitative estimate of drug-likeness (QED) is 0.674. The second-order valence-corrected chi connectivity index (χ2v) is 5.75. The molecule has 0 bridgehead atoms. The van der Waals surface area contributed by atoms with E-state index < -0.39 is 10.8 Å². The van der Waals surface area contributed by atoms with Crippen LogP contribution in [0.4, 0.5) is 17.3 Å². The number of non-ortho nitro benzene ring substituents is 1. The van der Waals surface area contributed by atoms with Gasteiger partial charge in [0, 0.05) is 25.2 Å². The maximum Gasteiger partial charge on any atom is 0.270 e. The van der Waals surface area contributed by atoms with E-state index >= 15 is 0 Å². The fourth-order valence-electron chi connectivity index (χ4n) is 2.47. The van der Waals surface area contributed by atoms with Crippen LogP contribution in [-0.4, -0.2) is 33.9 Å². The lowest BCUT2D eigenvalue weighted by Gasteiger charge is -2.14. The lowest BCUT2D eigenvalue weighted by Crippen LogP contribution is -2.20. The van der Waals surface area contributed by atoms with Gasteiger partial charge in [-0.1, -0.05) is 11.6 Å². The van der Waals surface area contributed by atoms with Crippen molar-refractivity contribution in [1.29, 1.82) is 0 Å². The predicted octanol–water partition coefficient (Wildman–Crippen LogP) is 2.89. The summed E-state index contributed by atoms with van der Waals surface area (Å²) in [6, 6.07) is 3.69. The Morgan fingerprint density at radius 2 is 1.92 bits per heavy atom. The van der Waals surface area contributed by atoms with Gasteiger partial charge < -0.3 is 10.2 Å². The lowest BCUT2D eigenvalue weighted by atomic mass is 10.2. The summed E-state index contributed by atoms with van der Waals surface area (Å²) in [5.41, 5.74) is 0.401. The molecule has 1 N–H and O–H groups in total. The van der Waals surface area contributed by atoms with E-state index in [1.165, 1.54) is 24.5 Å². The van der Waals surface area contributed by atoms with E-state index in [1.807, 2.05) is 0 Å². The molecule has 8 nitrogen and oxygen atoms in total. The second-order valence-electron chi connectivity index (χ2n) is 5.34. The molecule has 1 aromatic carbocycles. The molecule has 2 heterocycles. The Morgan fingerprint density at radius 3 is 2.50 bits per heavy atom. The third kappa shape index (κ3) is 3.43. The van der Waals surface area contributed by atoms with Crippen molar-refractivity contribution in [2.75, 3.05) is 23.3 Å². The molecule has 0 unspecified atom stereocenters. The molecule has 0 atom stereocenters. The molecule has 0 saturated carbocycles. The molecule has 2 aromatic rings. The number of benzene rings is 1. The molecule has 1 fully saturated rings. The van der Waals surface area contributed by atoms with Gasteiger partial charge in [-0.2, -0.15) is 0 Å². The summed E-state index contributed by atoms with van der Waals surface area (Å²) in [7, 11) is 0. The highest BCUT2D eigenvalue weighted by atomic mass is 35.5. The van der Waals surface area contributed by atoms with Gasteiger partial charge in [-0.3, -0.25) is 14.9 Å². The van der Waals surface area contributed by atoms with Crippen molar-refractivity contribution >= 4 is 34.8 Å². The van der Waals surface area contributed by atoms with Crippen LogP contribution < -0.4 is 10.2 Å². The van der Waals surface area contributed by atoms with Crippen molar-refractivity contribution in [1.82, 2.24) is 9.97 Å². The van der Waals surface area contributed by atoms with Crippen LogP contribution in [0.2, 0.25) is 5.02 Å². The molecule has 124 valence electrons. The number of hydrogen-bond donors (Lipinski definition) is 1. The Bertz CT molecular complexity index is 775. The highest BCUT2D eigenvalue weighted by molar-refractivity contribution is 6.34. The monoisotopic (exact) mass is 347 g/mol. The number of carbonyl (C=O) groups is 1. The van der Waals surface area contributed by atoms with Gasteiger partial charge in [-0.15, -0.1) is 0 Å². The van der Waals surface area contributed by atoms with Gasteiger partial charge in [-0.05, 0) is 18.9 Å². The maximum absolute atomic E-state index is 12.2. The zero-order valence-corrected chi connectivity index (χ0v) is 13.4. The van der Waals surface area contributed by atoms with E-state index in [0.717, 1.165) is 32.0 Å². The lowest BCUT2D eigenvalue weighted by molar-refractivity contribution is -0.384. The van der Waals surface area contributed by atoms with E-state index in [9.17, 15) is 14.9 Å². The summed E-state index contributed by atoms with van der Waals surface area (Å²) in [6.45, 7) is 1.87. The first-order chi connectivity index (χ1) is 11.5. The number of amides is 1. The van der Waals surface area contributed by atoms with Crippen LogP contribution in [0.25, 0.3) is 0 Å². The zero-order chi connectivity index (χ0) is 17.1. The van der Waals surface area contributed by atoms with Crippen molar-refractivity contribution in [2.45, 2.75) is 12.8 Å². The summed E-state index contributed by atoms with van der Waals surface area (Å²) in [4.78, 5) is 32.9. The number of anilines is 2. The number of nitro benzene ring substituents is 1. The molecule has 24 heavy (non-hydrogen) atoms. The maximum atomic E-state index is 12.2. The van der Waals surface area contributed by atoms with Gasteiger partial charge in [0.2, 0.25) is 5.95 Å². The average molecular weight is 348 g/mol. The first-order valence-electron chi connectivity index (χ1n) is 7.37. The predicted molar refractivity (Wildman–Crippen MR) is 89.5 cm³/mol. The second kappa shape index (κ2) is 6.79. The Hall–Kier alpha value is -2.74. The first kappa shape index (κ1) is 16.1. The van der Waals surface area contributed by atoms with E-state index in [4.69, 9.17) is 11.6 Å². The van der Waals surface area contributed by atoms with E-state index in [-0.39, 0.29) is 16.3 Å². The third-order valence-electron chi connectivity index (χ3n) is 3.69. The van der Waals surface area contributed by atoms with E-state index in [1.54, 1.807) is 0 Å². The third-order valence-corrected chi connectivity index (χ3v) is 4.01. The molecule has 1 aliphatic heterocycles. The molecule has 0 spiro atoms. The minimum atomic E-state index is -0.571. The molecule has 0 radical (unpaired) electrons. The normalized spacial score (nSPS) is 13.8. The number of nitro groups is 1. The van der Waals surface area contributed by atoms with Crippen LogP contribution in [-0.2, 0) is 0 Å². The fraction of sp³-hybridized carbons (Fsp3) is 0.267. The van der Waals surface area contributed by atoms with Crippen LogP contribution >= 0.6 is 11.6 Å². The van der Waals surface area contributed by atoms with Crippen LogP contribution in [0.1, 0.15) is 23.2 Å². The first-order valence-corrected chi connectivity index (χ1v) is 7.74. The summed E-state index contributed by atoms with van der Waals surface area (Å²) < 4.78 is 0. The molecule has 1 aromatic heterocycles. The van der Waals surface area contributed by atoms with Crippen molar-refractivity contribution < 1.29 is 9.72 Å². The van der Waals surface area contributed by atoms with E-state index in [2.05, 4.69) is 20.2 Å². The molecule has 1 saturated heterocycles.